The van der Waals surface area contributed by atoms with Crippen LogP contribution in [0.1, 0.15) is 45.2 Å². The van der Waals surface area contributed by atoms with Gasteiger partial charge in [-0.3, -0.25) is 4.79 Å². The molecule has 1 amide bonds. The predicted molar refractivity (Wildman–Crippen MR) is 108 cm³/mol. The molecule has 1 atom stereocenters. The zero-order valence-electron chi connectivity index (χ0n) is 16.4. The summed E-state index contributed by atoms with van der Waals surface area (Å²) in [5.41, 5.74) is 0.760. The number of amides is 1. The van der Waals surface area contributed by atoms with Crippen LogP contribution >= 0.6 is 0 Å². The van der Waals surface area contributed by atoms with E-state index in [2.05, 4.69) is 30.8 Å². The number of hydrogen-bond acceptors (Lipinski definition) is 3. The lowest BCUT2D eigenvalue weighted by atomic mass is 9.85. The maximum absolute atomic E-state index is 13.2. The van der Waals surface area contributed by atoms with E-state index in [1.807, 2.05) is 0 Å². The van der Waals surface area contributed by atoms with Gasteiger partial charge in [0.05, 0.1) is 10.9 Å². The van der Waals surface area contributed by atoms with E-state index in [4.69, 9.17) is 0 Å². The molecule has 2 aromatic rings. The minimum atomic E-state index is -3.64. The molecule has 0 saturated heterocycles. The Morgan fingerprint density at radius 1 is 1.04 bits per heavy atom. The number of carbonyl (C=O) groups excluding carboxylic acids is 1. The molecule has 0 aliphatic carbocycles. The molecular weight excluding hydrogens is 379 g/mol. The molecule has 0 aromatic heterocycles. The average Bonchev–Trinajstić information content (AvgIpc) is 2.61. The van der Waals surface area contributed by atoms with Crippen molar-refractivity contribution in [1.82, 2.24) is 10.0 Å². The Kier molecular flexibility index (Phi) is 7.32. The maximum Gasteiger partial charge on any atom is 0.240 e. The highest BCUT2D eigenvalue weighted by Crippen LogP contribution is 2.29. The topological polar surface area (TPSA) is 75.3 Å². The first-order chi connectivity index (χ1) is 13.1. The van der Waals surface area contributed by atoms with Gasteiger partial charge >= 0.3 is 0 Å². The zero-order valence-corrected chi connectivity index (χ0v) is 17.2. The zero-order chi connectivity index (χ0) is 20.8. The van der Waals surface area contributed by atoms with Gasteiger partial charge in [-0.1, -0.05) is 51.1 Å². The second-order valence-corrected chi connectivity index (χ2v) is 9.66. The summed E-state index contributed by atoms with van der Waals surface area (Å²) in [6, 6.07) is 13.8. The summed E-state index contributed by atoms with van der Waals surface area (Å²) in [5, 5.41) is 2.94. The van der Waals surface area contributed by atoms with Crippen molar-refractivity contribution in [3.63, 3.8) is 0 Å². The van der Waals surface area contributed by atoms with Gasteiger partial charge in [0.1, 0.15) is 5.82 Å². The van der Waals surface area contributed by atoms with Crippen LogP contribution in [0.25, 0.3) is 0 Å². The number of benzene rings is 2. The first-order valence-electron chi connectivity index (χ1n) is 9.16. The van der Waals surface area contributed by atoms with E-state index < -0.39 is 10.0 Å². The molecule has 0 heterocycles. The molecule has 7 heteroatoms. The van der Waals surface area contributed by atoms with Crippen LogP contribution in [0.4, 0.5) is 4.39 Å². The molecule has 0 aliphatic heterocycles. The lowest BCUT2D eigenvalue weighted by Crippen LogP contribution is -2.34. The molecule has 28 heavy (non-hydrogen) atoms. The van der Waals surface area contributed by atoms with Crippen LogP contribution in [0.5, 0.6) is 0 Å². The summed E-state index contributed by atoms with van der Waals surface area (Å²) in [7, 11) is -3.64. The minimum absolute atomic E-state index is 0.00524. The summed E-state index contributed by atoms with van der Waals surface area (Å²) in [6.07, 6.45) is 0.675. The average molecular weight is 407 g/mol. The van der Waals surface area contributed by atoms with Crippen molar-refractivity contribution in [2.75, 3.05) is 6.54 Å². The summed E-state index contributed by atoms with van der Waals surface area (Å²) in [6.45, 7) is 6.17. The highest BCUT2D eigenvalue weighted by atomic mass is 32.2. The molecule has 2 rings (SSSR count). The van der Waals surface area contributed by atoms with E-state index in [-0.39, 0.29) is 41.0 Å². The van der Waals surface area contributed by atoms with E-state index >= 15 is 0 Å². The smallest absolute Gasteiger partial charge is 0.240 e. The van der Waals surface area contributed by atoms with Crippen molar-refractivity contribution < 1.29 is 17.6 Å². The van der Waals surface area contributed by atoms with Gasteiger partial charge in [0, 0.05) is 13.0 Å². The Balaban J connectivity index is 1.97. The fourth-order valence-electron chi connectivity index (χ4n) is 2.81. The van der Waals surface area contributed by atoms with Crippen LogP contribution in [-0.2, 0) is 14.8 Å². The number of hydrogen-bond donors (Lipinski definition) is 2. The molecule has 0 saturated carbocycles. The van der Waals surface area contributed by atoms with Gasteiger partial charge in [-0.15, -0.1) is 0 Å². The first kappa shape index (κ1) is 22.0. The Labute approximate surface area is 166 Å². The summed E-state index contributed by atoms with van der Waals surface area (Å²) in [4.78, 5) is 12.5. The molecule has 0 radical (unpaired) electrons. The number of nitrogens with one attached hydrogen (secondary N) is 2. The third-order valence-electron chi connectivity index (χ3n) is 4.12. The van der Waals surface area contributed by atoms with Crippen LogP contribution in [0.3, 0.4) is 0 Å². The van der Waals surface area contributed by atoms with E-state index in [0.717, 1.165) is 5.56 Å². The second kappa shape index (κ2) is 9.30. The SMILES string of the molecule is CC(C)(C)CC(NC(=O)CCNS(=O)(=O)c1ccccc1)c1ccc(F)cc1. The summed E-state index contributed by atoms with van der Waals surface area (Å²) in [5.74, 6) is -0.603. The van der Waals surface area contributed by atoms with E-state index in [1.54, 1.807) is 30.3 Å². The number of halogens is 1. The van der Waals surface area contributed by atoms with Crippen molar-refractivity contribution >= 4 is 15.9 Å². The van der Waals surface area contributed by atoms with Crippen molar-refractivity contribution in [3.8, 4) is 0 Å². The number of sulfonamides is 1. The molecule has 5 nitrogen and oxygen atoms in total. The number of rotatable bonds is 8. The van der Waals surface area contributed by atoms with Gasteiger partial charge in [0.25, 0.3) is 0 Å². The van der Waals surface area contributed by atoms with Gasteiger partial charge in [-0.25, -0.2) is 17.5 Å². The van der Waals surface area contributed by atoms with Crippen LogP contribution in [0.2, 0.25) is 0 Å². The molecule has 0 fully saturated rings. The quantitative estimate of drug-likeness (QED) is 0.700. The van der Waals surface area contributed by atoms with Crippen molar-refractivity contribution in [1.29, 1.82) is 0 Å². The summed E-state index contributed by atoms with van der Waals surface area (Å²) >= 11 is 0. The summed E-state index contributed by atoms with van der Waals surface area (Å²) < 4.78 is 40.1. The van der Waals surface area contributed by atoms with E-state index in [0.29, 0.717) is 6.42 Å². The third-order valence-corrected chi connectivity index (χ3v) is 5.60. The molecule has 1 unspecified atom stereocenters. The van der Waals surface area contributed by atoms with Crippen LogP contribution < -0.4 is 10.0 Å². The Hall–Kier alpha value is -2.25. The fraction of sp³-hybridized carbons (Fsp3) is 0.381. The molecule has 152 valence electrons. The Bertz CT molecular complexity index is 876. The van der Waals surface area contributed by atoms with Gasteiger partial charge in [0.2, 0.25) is 15.9 Å². The van der Waals surface area contributed by atoms with Gasteiger partial charge in [-0.05, 0) is 41.7 Å². The minimum Gasteiger partial charge on any atom is -0.349 e. The van der Waals surface area contributed by atoms with Crippen LogP contribution in [0, 0.1) is 11.2 Å². The molecule has 0 aliphatic rings. The van der Waals surface area contributed by atoms with Gasteiger partial charge < -0.3 is 5.32 Å². The molecule has 0 bridgehead atoms. The van der Waals surface area contributed by atoms with Gasteiger partial charge in [0.15, 0.2) is 0 Å². The fourth-order valence-corrected chi connectivity index (χ4v) is 3.86. The standard InChI is InChI=1S/C21H27FN2O3S/c1-21(2,3)15-19(16-9-11-17(22)12-10-16)24-20(25)13-14-23-28(26,27)18-7-5-4-6-8-18/h4-12,19,23H,13-15H2,1-3H3,(H,24,25). The largest absolute Gasteiger partial charge is 0.349 e. The first-order valence-corrected chi connectivity index (χ1v) is 10.6. The van der Waals surface area contributed by atoms with Crippen LogP contribution in [-0.4, -0.2) is 20.9 Å². The van der Waals surface area contributed by atoms with Crippen molar-refractivity contribution in [2.45, 2.75) is 44.6 Å². The van der Waals surface area contributed by atoms with Crippen LogP contribution in [0.15, 0.2) is 59.5 Å². The highest BCUT2D eigenvalue weighted by molar-refractivity contribution is 7.89. The van der Waals surface area contributed by atoms with Gasteiger partial charge in [-0.2, -0.15) is 0 Å². The molecular formula is C21H27FN2O3S. The monoisotopic (exact) mass is 406 g/mol. The normalized spacial score (nSPS) is 13.1. The Morgan fingerprint density at radius 3 is 2.21 bits per heavy atom. The Morgan fingerprint density at radius 2 is 1.64 bits per heavy atom. The van der Waals surface area contributed by atoms with Crippen molar-refractivity contribution in [3.05, 3.63) is 66.0 Å². The second-order valence-electron chi connectivity index (χ2n) is 7.90. The van der Waals surface area contributed by atoms with Crippen molar-refractivity contribution in [2.24, 2.45) is 5.41 Å². The molecule has 2 aromatic carbocycles. The third kappa shape index (κ3) is 7.05. The van der Waals surface area contributed by atoms with E-state index in [9.17, 15) is 17.6 Å². The molecule has 0 spiro atoms. The highest BCUT2D eigenvalue weighted by Gasteiger charge is 2.22. The van der Waals surface area contributed by atoms with E-state index in [1.165, 1.54) is 24.3 Å². The maximum atomic E-state index is 13.2. The lowest BCUT2D eigenvalue weighted by Gasteiger charge is -2.27. The predicted octanol–water partition coefficient (Wildman–Crippen LogP) is 3.79. The number of carbonyl (C=O) groups is 1. The molecule has 2 N–H and O–H groups in total. The lowest BCUT2D eigenvalue weighted by molar-refractivity contribution is -0.121.